The van der Waals surface area contributed by atoms with Crippen molar-refractivity contribution in [2.75, 3.05) is 60.9 Å². The minimum atomic E-state index is -1.02. The summed E-state index contributed by atoms with van der Waals surface area (Å²) in [6.45, 7) is 19.0. The third-order valence-electron chi connectivity index (χ3n) is 27.0. The van der Waals surface area contributed by atoms with Gasteiger partial charge in [-0.2, -0.15) is 0 Å². The zero-order valence-corrected chi connectivity index (χ0v) is 67.7. The summed E-state index contributed by atoms with van der Waals surface area (Å²) in [5, 5.41) is 35.3. The number of hydrogen-bond acceptors (Lipinski definition) is 18. The third kappa shape index (κ3) is 15.5. The Morgan fingerprint density at radius 1 is 0.616 bits per heavy atom. The van der Waals surface area contributed by atoms with Gasteiger partial charge in [0.2, 0.25) is 0 Å². The van der Waals surface area contributed by atoms with Crippen molar-refractivity contribution in [3.05, 3.63) is 202 Å². The zero-order chi connectivity index (χ0) is 79.4. The van der Waals surface area contributed by atoms with Gasteiger partial charge in [0.1, 0.15) is 17.6 Å². The minimum absolute atomic E-state index is 0.0206. The number of piperidine rings is 3. The number of Topliss-reactive ketones (excluding diaryl/α,β-unsaturated/α-hetero) is 1. The minimum Gasteiger partial charge on any atom is -0.482 e. The Bertz CT molecular complexity index is 4420. The van der Waals surface area contributed by atoms with Gasteiger partial charge in [0.15, 0.2) is 34.9 Å². The predicted octanol–water partition coefficient (Wildman–Crippen LogP) is 14.3. The van der Waals surface area contributed by atoms with Crippen molar-refractivity contribution in [1.29, 1.82) is 0 Å². The lowest BCUT2D eigenvalue weighted by Gasteiger charge is -2.64. The lowest BCUT2D eigenvalue weighted by Crippen LogP contribution is -2.77. The van der Waals surface area contributed by atoms with E-state index in [1.54, 1.807) is 42.5 Å². The van der Waals surface area contributed by atoms with Crippen molar-refractivity contribution >= 4 is 29.7 Å². The van der Waals surface area contributed by atoms with Crippen LogP contribution in [0.15, 0.2) is 163 Å². The first-order chi connectivity index (χ1) is 53.9. The summed E-state index contributed by atoms with van der Waals surface area (Å²) in [7, 11) is 8.52. The lowest BCUT2D eigenvalue weighted by atomic mass is 9.48. The number of likely N-dealkylation sites (N-methyl/N-ethyl adjacent to an activating group) is 2. The Morgan fingerprint density at radius 2 is 1.21 bits per heavy atom. The number of aliphatic hydroxyl groups is 3. The Kier molecular flexibility index (Phi) is 25.1. The van der Waals surface area contributed by atoms with Crippen molar-refractivity contribution in [3.63, 3.8) is 0 Å². The van der Waals surface area contributed by atoms with E-state index in [0.29, 0.717) is 96.3 Å². The molecule has 598 valence electrons. The standard InChI is InChI=1S/C28H35NO5.C23H25NO5.C23H29NO2.C20H29NO2/c1-17(2)5-3-8-23(31)33-21-10-9-19-15-22-28(32)12-11-20(30)26-27(28,24(19)25(21)34-26)13-14-29(22)16-18-6-4-7-18;1-3-4-5-6-18(26)28-16-8-7-14-13-17-23(27)10-9-15(25)21-22(23,11-12-24(17)2)19(14)20(16)29-21;1-3-4-5-9-22(25)26-18-11-10-17-15-21-19-8-6-7-12-23(19,20(17)16-18)13-14-24(21)2;1-6-8-9-13-20(22)23-18-12-10-11-17(14-18)19(7-2)16(3)15-21(4)5/h3,5,8-10,18,20,22,26,30,32H,4,6-7,11-16H2,1-2H3;3-8,17,21,27H,9-13H2,1-2H3;3-5,9-11,16,19,21H,6-8,12-15H2,1-2H3;6,8-14,16,19H,7,15H2,1-5H3/b8-3+;4-3+,6-5+;4-3+,9-5+;8-6+,13-9+/t20-,22+,26-,27-,28+;17-,21+,22+,23-;19-,21+,23+;16-,19+/m0111/s1. The monoisotopic (exact) mass is 1530 g/mol. The maximum atomic E-state index is 12.9. The summed E-state index contributed by atoms with van der Waals surface area (Å²) in [5.41, 5.74) is 6.22. The Labute approximate surface area is 662 Å². The van der Waals surface area contributed by atoms with E-state index in [4.69, 9.17) is 28.4 Å². The van der Waals surface area contributed by atoms with Crippen LogP contribution in [0.4, 0.5) is 0 Å². The fraction of sp³-hybridized carbons (Fsp3) is 0.521. The molecule has 6 bridgehead atoms. The first-order valence-corrected chi connectivity index (χ1v) is 41.3. The van der Waals surface area contributed by atoms with Crippen LogP contribution in [-0.2, 0) is 59.5 Å². The van der Waals surface area contributed by atoms with E-state index in [2.05, 4.69) is 72.8 Å². The van der Waals surface area contributed by atoms with E-state index in [-0.39, 0.29) is 29.8 Å². The van der Waals surface area contributed by atoms with Gasteiger partial charge in [-0.25, -0.2) is 19.2 Å². The maximum absolute atomic E-state index is 12.9. The second kappa shape index (κ2) is 34.4. The van der Waals surface area contributed by atoms with Gasteiger partial charge < -0.3 is 58.4 Å². The summed E-state index contributed by atoms with van der Waals surface area (Å²) < 4.78 is 34.9. The average Bonchev–Trinajstić information content (AvgIpc) is 1.46. The summed E-state index contributed by atoms with van der Waals surface area (Å²) in [4.78, 5) is 70.9. The Hall–Kier alpha value is -8.33. The summed E-state index contributed by atoms with van der Waals surface area (Å²) >= 11 is 0. The summed E-state index contributed by atoms with van der Waals surface area (Å²) in [5.74, 6) is 3.85. The molecular weight excluding hydrogens is 1410 g/mol. The van der Waals surface area contributed by atoms with Crippen LogP contribution in [0.1, 0.15) is 190 Å². The molecule has 0 radical (unpaired) electrons. The van der Waals surface area contributed by atoms with Gasteiger partial charge in [0.25, 0.3) is 0 Å². The van der Waals surface area contributed by atoms with E-state index in [0.717, 1.165) is 91.5 Å². The second-order valence-corrected chi connectivity index (χ2v) is 34.1. The normalized spacial score (nSPS) is 30.2. The number of allylic oxidation sites excluding steroid dienone is 12. The first-order valence-electron chi connectivity index (χ1n) is 41.3. The predicted molar refractivity (Wildman–Crippen MR) is 435 cm³/mol. The van der Waals surface area contributed by atoms with Gasteiger partial charge in [-0.1, -0.05) is 136 Å². The highest BCUT2D eigenvalue weighted by molar-refractivity contribution is 5.91. The van der Waals surface area contributed by atoms with Gasteiger partial charge in [-0.05, 0) is 260 Å². The molecule has 0 unspecified atom stereocenters. The van der Waals surface area contributed by atoms with E-state index in [9.17, 15) is 39.3 Å². The van der Waals surface area contributed by atoms with Crippen LogP contribution in [0.2, 0.25) is 0 Å². The highest BCUT2D eigenvalue weighted by Gasteiger charge is 2.75. The lowest BCUT2D eigenvalue weighted by molar-refractivity contribution is -0.209. The molecule has 16 rings (SSSR count). The molecule has 2 spiro atoms. The number of fused-ring (bicyclic) bond motifs is 1. The molecule has 18 heteroatoms. The first kappa shape index (κ1) is 81.7. The number of rotatable bonds is 19. The van der Waals surface area contributed by atoms with Crippen LogP contribution >= 0.6 is 0 Å². The van der Waals surface area contributed by atoms with Crippen molar-refractivity contribution in [3.8, 4) is 34.5 Å². The van der Waals surface area contributed by atoms with Crippen molar-refractivity contribution in [1.82, 2.24) is 19.6 Å². The molecule has 5 aliphatic heterocycles. The number of ketones is 1. The van der Waals surface area contributed by atoms with Crippen LogP contribution in [0.5, 0.6) is 34.5 Å². The molecule has 4 saturated carbocycles. The van der Waals surface area contributed by atoms with Crippen LogP contribution in [0.25, 0.3) is 0 Å². The van der Waals surface area contributed by atoms with E-state index >= 15 is 0 Å². The van der Waals surface area contributed by atoms with Gasteiger partial charge in [0.05, 0.1) is 28.1 Å². The molecule has 12 aliphatic rings. The number of carbonyl (C=O) groups excluding carboxylic acids is 5. The molecule has 4 aromatic rings. The quantitative estimate of drug-likeness (QED) is 0.0344. The molecule has 0 aromatic heterocycles. The molecule has 14 atom stereocenters. The number of likely N-dealkylation sites (tertiary alicyclic amines) is 3. The van der Waals surface area contributed by atoms with Crippen molar-refractivity contribution in [2.45, 2.75) is 234 Å². The second-order valence-electron chi connectivity index (χ2n) is 34.1. The largest absolute Gasteiger partial charge is 0.482 e. The molecule has 4 aromatic carbocycles. The number of nitrogens with zero attached hydrogens (tertiary/aromatic N) is 4. The number of carbonyl (C=O) groups is 5. The average molecular weight is 1530 g/mol. The number of hydrogen-bond donors (Lipinski definition) is 3. The molecule has 112 heavy (non-hydrogen) atoms. The molecule has 7 aliphatic carbocycles. The number of benzene rings is 4. The molecule has 5 heterocycles. The van der Waals surface area contributed by atoms with Crippen LogP contribution in [0, 0.1) is 17.8 Å². The van der Waals surface area contributed by atoms with E-state index in [1.165, 1.54) is 98.9 Å². The van der Waals surface area contributed by atoms with E-state index in [1.807, 2.05) is 115 Å². The van der Waals surface area contributed by atoms with Crippen LogP contribution in [0.3, 0.4) is 0 Å². The zero-order valence-electron chi connectivity index (χ0n) is 67.7. The van der Waals surface area contributed by atoms with E-state index < -0.39 is 52.3 Å². The molecule has 7 fully saturated rings. The van der Waals surface area contributed by atoms with Crippen LogP contribution < -0.4 is 28.4 Å². The number of aliphatic hydroxyl groups excluding tert-OH is 1. The number of ether oxygens (including phenoxy) is 6. The Morgan fingerprint density at radius 3 is 1.83 bits per heavy atom. The smallest absolute Gasteiger partial charge is 0.336 e. The third-order valence-corrected chi connectivity index (χ3v) is 27.0. The van der Waals surface area contributed by atoms with Gasteiger partial charge in [0, 0.05) is 78.5 Å². The molecule has 0 amide bonds. The Balaban J connectivity index is 0.000000132. The summed E-state index contributed by atoms with van der Waals surface area (Å²) in [6.07, 6.45) is 40.5. The fourth-order valence-corrected chi connectivity index (χ4v) is 21.9. The summed E-state index contributed by atoms with van der Waals surface area (Å²) in [6, 6.07) is 22.4. The van der Waals surface area contributed by atoms with Gasteiger partial charge in [-0.3, -0.25) is 9.69 Å². The SMILES string of the molecule is C/C=C/C=C/C(=O)Oc1ccc2c(c1)[C@]13CCCC[C@@H]1[C@H](C2)N(C)CC3.C/C=C/C=C/C(=O)Oc1ccc2c3c1O[C@H]1C(=O)CC[C@@]4(O)[C@@H](C2)N(C)CC[C@]314.C/C=C/C=C/C(=O)Oc1cccc([C@@H](CC)[C@H](C)CN(C)C)c1.CC(C)=C/C=C/C(=O)Oc1ccc2c3c1O[C@H]1[C@@H](O)CC[C@@]4(O)[C@@H](C2)N(CC2CCC2)CC[C@]314. The van der Waals surface area contributed by atoms with Crippen LogP contribution in [-0.4, -0.2) is 173 Å². The molecule has 3 saturated heterocycles. The molecule has 18 nitrogen and oxygen atoms in total. The van der Waals surface area contributed by atoms with Crippen molar-refractivity contribution in [2.24, 2.45) is 17.8 Å². The van der Waals surface area contributed by atoms with Gasteiger partial charge >= 0.3 is 23.9 Å². The van der Waals surface area contributed by atoms with Crippen molar-refractivity contribution < 1.29 is 67.7 Å². The number of esters is 4. The topological polar surface area (TPSA) is 214 Å². The fourth-order valence-electron chi connectivity index (χ4n) is 21.9. The van der Waals surface area contributed by atoms with Gasteiger partial charge in [-0.15, -0.1) is 0 Å². The highest BCUT2D eigenvalue weighted by atomic mass is 16.6. The molecular formula is C94H118N4O14. The highest BCUT2D eigenvalue weighted by Crippen LogP contribution is 2.67. The maximum Gasteiger partial charge on any atom is 0.336 e. The molecule has 3 N–H and O–H groups in total.